The molecule has 4 heteroatoms. The second-order valence-corrected chi connectivity index (χ2v) is 4.88. The van der Waals surface area contributed by atoms with Gasteiger partial charge in [0.25, 0.3) is 0 Å². The van der Waals surface area contributed by atoms with Gasteiger partial charge >= 0.3 is 0 Å². The first-order valence-electron chi connectivity index (χ1n) is 5.04. The molecule has 1 atom stereocenters. The quantitative estimate of drug-likeness (QED) is 0.664. The number of nitrogens with zero attached hydrogens (tertiary/aromatic N) is 1. The van der Waals surface area contributed by atoms with Gasteiger partial charge in [0.05, 0.1) is 6.42 Å². The summed E-state index contributed by atoms with van der Waals surface area (Å²) in [5.74, 6) is 2.13. The number of likely N-dealkylation sites (tertiary alicyclic amines) is 1. The standard InChI is InChI=1S/C10H17NO2S/c1-3-14-7-8(2)11-5-4-9(12)6-10(11)13/h8H,3-7H2,1-2H3. The van der Waals surface area contributed by atoms with Crippen LogP contribution in [0.15, 0.2) is 0 Å². The summed E-state index contributed by atoms with van der Waals surface area (Å²) in [6.45, 7) is 4.78. The first-order valence-corrected chi connectivity index (χ1v) is 6.19. The molecule has 1 fully saturated rings. The summed E-state index contributed by atoms with van der Waals surface area (Å²) in [5.41, 5.74) is 0. The Kier molecular flexibility index (Phi) is 4.45. The number of carbonyl (C=O) groups is 2. The molecule has 14 heavy (non-hydrogen) atoms. The highest BCUT2D eigenvalue weighted by atomic mass is 32.2. The Balaban J connectivity index is 2.43. The van der Waals surface area contributed by atoms with E-state index >= 15 is 0 Å². The summed E-state index contributed by atoms with van der Waals surface area (Å²) in [6, 6.07) is 0.264. The zero-order chi connectivity index (χ0) is 10.6. The Hall–Kier alpha value is -0.510. The predicted octanol–water partition coefficient (Wildman–Crippen LogP) is 1.32. The third-order valence-corrected chi connectivity index (χ3v) is 3.52. The molecule has 0 spiro atoms. The van der Waals surface area contributed by atoms with E-state index in [4.69, 9.17) is 0 Å². The minimum atomic E-state index is 0.00505. The highest BCUT2D eigenvalue weighted by Crippen LogP contribution is 2.14. The number of thioether (sulfide) groups is 1. The van der Waals surface area contributed by atoms with Gasteiger partial charge < -0.3 is 4.90 Å². The molecule has 1 saturated heterocycles. The molecule has 0 N–H and O–H groups in total. The first-order chi connectivity index (χ1) is 6.65. The van der Waals surface area contributed by atoms with Gasteiger partial charge in [0, 0.05) is 24.8 Å². The van der Waals surface area contributed by atoms with Gasteiger partial charge in [-0.2, -0.15) is 11.8 Å². The van der Waals surface area contributed by atoms with Crippen LogP contribution in [0.5, 0.6) is 0 Å². The van der Waals surface area contributed by atoms with Gasteiger partial charge in [-0.05, 0) is 12.7 Å². The molecule has 1 heterocycles. The van der Waals surface area contributed by atoms with E-state index in [-0.39, 0.29) is 24.2 Å². The summed E-state index contributed by atoms with van der Waals surface area (Å²) in [4.78, 5) is 24.3. The van der Waals surface area contributed by atoms with Crippen molar-refractivity contribution in [2.45, 2.75) is 32.7 Å². The number of Topliss-reactive ketones (excluding diaryl/α,β-unsaturated/α-hetero) is 1. The highest BCUT2D eigenvalue weighted by Gasteiger charge is 2.26. The summed E-state index contributed by atoms with van der Waals surface area (Å²) in [5, 5.41) is 0. The van der Waals surface area contributed by atoms with Crippen molar-refractivity contribution >= 4 is 23.5 Å². The lowest BCUT2D eigenvalue weighted by molar-refractivity contribution is -0.140. The van der Waals surface area contributed by atoms with Crippen molar-refractivity contribution in [1.82, 2.24) is 4.90 Å². The Labute approximate surface area is 89.2 Å². The monoisotopic (exact) mass is 215 g/mol. The molecule has 0 aromatic heterocycles. The molecule has 1 amide bonds. The molecule has 1 aliphatic rings. The number of piperidine rings is 1. The fraction of sp³-hybridized carbons (Fsp3) is 0.800. The van der Waals surface area contributed by atoms with Crippen LogP contribution in [0.2, 0.25) is 0 Å². The van der Waals surface area contributed by atoms with Crippen LogP contribution in [0, 0.1) is 0 Å². The highest BCUT2D eigenvalue weighted by molar-refractivity contribution is 7.99. The molecule has 0 aliphatic carbocycles. The Morgan fingerprint density at radius 2 is 2.21 bits per heavy atom. The van der Waals surface area contributed by atoms with E-state index in [9.17, 15) is 9.59 Å². The van der Waals surface area contributed by atoms with Crippen molar-refractivity contribution in [1.29, 1.82) is 0 Å². The van der Waals surface area contributed by atoms with Crippen molar-refractivity contribution in [3.8, 4) is 0 Å². The number of hydrogen-bond donors (Lipinski definition) is 0. The third-order valence-electron chi connectivity index (χ3n) is 2.40. The smallest absolute Gasteiger partial charge is 0.230 e. The van der Waals surface area contributed by atoms with Crippen molar-refractivity contribution < 1.29 is 9.59 Å². The molecule has 1 unspecified atom stereocenters. The second kappa shape index (κ2) is 5.39. The van der Waals surface area contributed by atoms with Crippen LogP contribution in [0.1, 0.15) is 26.7 Å². The number of carbonyl (C=O) groups excluding carboxylic acids is 2. The van der Waals surface area contributed by atoms with Crippen LogP contribution in [-0.4, -0.2) is 40.7 Å². The Bertz CT molecular complexity index is 230. The van der Waals surface area contributed by atoms with Gasteiger partial charge in [0.15, 0.2) is 0 Å². The third kappa shape index (κ3) is 3.01. The van der Waals surface area contributed by atoms with Crippen molar-refractivity contribution in [2.75, 3.05) is 18.1 Å². The van der Waals surface area contributed by atoms with E-state index in [2.05, 4.69) is 13.8 Å². The molecule has 0 radical (unpaired) electrons. The van der Waals surface area contributed by atoms with E-state index in [1.54, 1.807) is 0 Å². The van der Waals surface area contributed by atoms with Crippen LogP contribution < -0.4 is 0 Å². The van der Waals surface area contributed by atoms with Gasteiger partial charge in [0.2, 0.25) is 5.91 Å². The SMILES string of the molecule is CCSCC(C)N1CCC(=O)CC1=O. The lowest BCUT2D eigenvalue weighted by atomic mass is 10.1. The van der Waals surface area contributed by atoms with E-state index in [0.717, 1.165) is 11.5 Å². The van der Waals surface area contributed by atoms with Crippen molar-refractivity contribution in [3.05, 3.63) is 0 Å². The van der Waals surface area contributed by atoms with Crippen LogP contribution >= 0.6 is 11.8 Å². The summed E-state index contributed by atoms with van der Waals surface area (Å²) >= 11 is 1.83. The first kappa shape index (κ1) is 11.6. The molecule has 0 saturated carbocycles. The molecule has 0 bridgehead atoms. The average Bonchev–Trinajstić information content (AvgIpc) is 2.14. The number of ketones is 1. The summed E-state index contributed by atoms with van der Waals surface area (Å²) < 4.78 is 0. The average molecular weight is 215 g/mol. The fourth-order valence-electron chi connectivity index (χ4n) is 1.57. The van der Waals surface area contributed by atoms with Gasteiger partial charge in [-0.25, -0.2) is 0 Å². The molecule has 1 rings (SSSR count). The zero-order valence-corrected chi connectivity index (χ0v) is 9.60. The van der Waals surface area contributed by atoms with Crippen LogP contribution in [-0.2, 0) is 9.59 Å². The van der Waals surface area contributed by atoms with E-state index in [1.807, 2.05) is 16.7 Å². The lowest BCUT2D eigenvalue weighted by Gasteiger charge is -2.31. The lowest BCUT2D eigenvalue weighted by Crippen LogP contribution is -2.45. The molecule has 0 aromatic rings. The largest absolute Gasteiger partial charge is 0.338 e. The van der Waals surface area contributed by atoms with Gasteiger partial charge in [-0.15, -0.1) is 0 Å². The molecule has 3 nitrogen and oxygen atoms in total. The minimum absolute atomic E-state index is 0.00505. The van der Waals surface area contributed by atoms with Crippen molar-refractivity contribution in [2.24, 2.45) is 0 Å². The van der Waals surface area contributed by atoms with Gasteiger partial charge in [0.1, 0.15) is 5.78 Å². The summed E-state index contributed by atoms with van der Waals surface area (Å²) in [6.07, 6.45) is 0.647. The van der Waals surface area contributed by atoms with Crippen LogP contribution in [0.25, 0.3) is 0 Å². The van der Waals surface area contributed by atoms with Crippen LogP contribution in [0.4, 0.5) is 0 Å². The topological polar surface area (TPSA) is 37.4 Å². The van der Waals surface area contributed by atoms with Crippen LogP contribution in [0.3, 0.4) is 0 Å². The van der Waals surface area contributed by atoms with E-state index in [1.165, 1.54) is 0 Å². The normalized spacial score (nSPS) is 20.0. The van der Waals surface area contributed by atoms with Gasteiger partial charge in [-0.3, -0.25) is 9.59 Å². The van der Waals surface area contributed by atoms with Crippen molar-refractivity contribution in [3.63, 3.8) is 0 Å². The van der Waals surface area contributed by atoms with E-state index < -0.39 is 0 Å². The second-order valence-electron chi connectivity index (χ2n) is 3.56. The Morgan fingerprint density at radius 3 is 2.79 bits per heavy atom. The zero-order valence-electron chi connectivity index (χ0n) is 8.78. The molecule has 80 valence electrons. The maximum absolute atomic E-state index is 11.5. The molecule has 0 aromatic carbocycles. The molecular formula is C10H17NO2S. The number of amides is 1. The maximum atomic E-state index is 11.5. The number of rotatable bonds is 4. The molecular weight excluding hydrogens is 198 g/mol. The predicted molar refractivity (Wildman–Crippen MR) is 58.4 cm³/mol. The van der Waals surface area contributed by atoms with E-state index in [0.29, 0.717) is 13.0 Å². The summed E-state index contributed by atoms with van der Waals surface area (Å²) in [7, 11) is 0. The Morgan fingerprint density at radius 1 is 1.50 bits per heavy atom. The minimum Gasteiger partial charge on any atom is -0.338 e. The maximum Gasteiger partial charge on any atom is 0.230 e. The van der Waals surface area contributed by atoms with Gasteiger partial charge in [-0.1, -0.05) is 6.92 Å². The molecule has 1 aliphatic heterocycles. The fourth-order valence-corrected chi connectivity index (χ4v) is 2.33. The number of hydrogen-bond acceptors (Lipinski definition) is 3.